The van der Waals surface area contributed by atoms with E-state index in [1.54, 1.807) is 0 Å². The molecule has 0 N–H and O–H groups in total. The molecule has 0 heterocycles. The Labute approximate surface area is 114 Å². The second kappa shape index (κ2) is 7.09. The number of rotatable bonds is 7. The van der Waals surface area contributed by atoms with Crippen LogP contribution in [-0.4, -0.2) is 20.4 Å². The molecule has 1 rings (SSSR count). The SMILES string of the molecule is C=C(C)CCC/C(=N\OS(C)(=O)=O)c1ccccc1. The van der Waals surface area contributed by atoms with E-state index in [-0.39, 0.29) is 0 Å². The lowest BCUT2D eigenvalue weighted by atomic mass is 10.0. The van der Waals surface area contributed by atoms with E-state index in [2.05, 4.69) is 16.0 Å². The third-order valence-electron chi connectivity index (χ3n) is 2.41. The van der Waals surface area contributed by atoms with Crippen molar-refractivity contribution in [3.8, 4) is 0 Å². The van der Waals surface area contributed by atoms with Gasteiger partial charge >= 0.3 is 10.1 Å². The molecule has 0 radical (unpaired) electrons. The summed E-state index contributed by atoms with van der Waals surface area (Å²) in [6.45, 7) is 5.81. The van der Waals surface area contributed by atoms with Crippen LogP contribution in [0.5, 0.6) is 0 Å². The van der Waals surface area contributed by atoms with Crippen molar-refractivity contribution in [1.29, 1.82) is 0 Å². The number of hydrogen-bond donors (Lipinski definition) is 0. The Morgan fingerprint density at radius 2 is 1.89 bits per heavy atom. The molecule has 0 fully saturated rings. The predicted octanol–water partition coefficient (Wildman–Crippen LogP) is 3.11. The second-order valence-corrected chi connectivity index (χ2v) is 6.05. The normalized spacial score (nSPS) is 12.2. The molecule has 5 heteroatoms. The molecule has 0 saturated heterocycles. The van der Waals surface area contributed by atoms with Gasteiger partial charge in [-0.15, -0.1) is 6.58 Å². The van der Waals surface area contributed by atoms with E-state index in [0.717, 1.165) is 30.2 Å². The smallest absolute Gasteiger partial charge is 0.268 e. The summed E-state index contributed by atoms with van der Waals surface area (Å²) in [6.07, 6.45) is 3.36. The average molecular weight is 281 g/mol. The minimum atomic E-state index is -3.57. The molecule has 0 aliphatic heterocycles. The van der Waals surface area contributed by atoms with Gasteiger partial charge in [0.05, 0.1) is 12.0 Å². The first kappa shape index (κ1) is 15.4. The van der Waals surface area contributed by atoms with Crippen molar-refractivity contribution in [1.82, 2.24) is 0 Å². The van der Waals surface area contributed by atoms with Crippen molar-refractivity contribution in [3.63, 3.8) is 0 Å². The Balaban J connectivity index is 2.82. The maximum absolute atomic E-state index is 11.0. The number of nitrogens with zero attached hydrogens (tertiary/aromatic N) is 1. The standard InChI is InChI=1S/C14H19NO3S/c1-12(2)8-7-11-14(15-18-19(3,16)17)13-9-5-4-6-10-13/h4-6,9-10H,1,7-8,11H2,2-3H3/b15-14+. The summed E-state index contributed by atoms with van der Waals surface area (Å²) in [4.78, 5) is 0. The summed E-state index contributed by atoms with van der Waals surface area (Å²) in [6, 6.07) is 9.41. The first-order valence-corrected chi connectivity index (χ1v) is 7.85. The Bertz CT molecular complexity index is 547. The van der Waals surface area contributed by atoms with Gasteiger partial charge in [0, 0.05) is 0 Å². The van der Waals surface area contributed by atoms with E-state index in [9.17, 15) is 8.42 Å². The van der Waals surface area contributed by atoms with Crippen LogP contribution in [0.1, 0.15) is 31.7 Å². The summed E-state index contributed by atoms with van der Waals surface area (Å²) in [5, 5.41) is 3.76. The molecule has 0 unspecified atom stereocenters. The van der Waals surface area contributed by atoms with Gasteiger partial charge in [-0.2, -0.15) is 8.42 Å². The van der Waals surface area contributed by atoms with Crippen molar-refractivity contribution in [2.24, 2.45) is 5.16 Å². The Morgan fingerprint density at radius 1 is 1.26 bits per heavy atom. The summed E-state index contributed by atoms with van der Waals surface area (Å²) >= 11 is 0. The molecule has 0 aliphatic rings. The van der Waals surface area contributed by atoms with Crippen molar-refractivity contribution in [2.45, 2.75) is 26.2 Å². The fraction of sp³-hybridized carbons (Fsp3) is 0.357. The molecule has 0 aromatic heterocycles. The van der Waals surface area contributed by atoms with Crippen LogP contribution in [0.25, 0.3) is 0 Å². The number of allylic oxidation sites excluding steroid dienone is 1. The summed E-state index contributed by atoms with van der Waals surface area (Å²) < 4.78 is 26.6. The van der Waals surface area contributed by atoms with E-state index in [0.29, 0.717) is 12.1 Å². The monoisotopic (exact) mass is 281 g/mol. The van der Waals surface area contributed by atoms with E-state index in [1.165, 1.54) is 0 Å². The zero-order valence-electron chi connectivity index (χ0n) is 11.3. The van der Waals surface area contributed by atoms with E-state index >= 15 is 0 Å². The molecule has 4 nitrogen and oxygen atoms in total. The number of oxime groups is 1. The van der Waals surface area contributed by atoms with Gasteiger partial charge in [-0.1, -0.05) is 41.1 Å². The first-order valence-electron chi connectivity index (χ1n) is 6.04. The molecular formula is C14H19NO3S. The minimum absolute atomic E-state index is 0.632. The van der Waals surface area contributed by atoms with Crippen molar-refractivity contribution in [2.75, 3.05) is 6.26 Å². The van der Waals surface area contributed by atoms with Crippen LogP contribution in [0.2, 0.25) is 0 Å². The van der Waals surface area contributed by atoms with Crippen LogP contribution in [-0.2, 0) is 14.4 Å². The number of hydrogen-bond acceptors (Lipinski definition) is 4. The van der Waals surface area contributed by atoms with Gasteiger partial charge < -0.3 is 0 Å². The summed E-state index contributed by atoms with van der Waals surface area (Å²) in [5.74, 6) is 0. The molecule has 0 bridgehead atoms. The van der Waals surface area contributed by atoms with Gasteiger partial charge in [-0.3, -0.25) is 4.28 Å². The largest absolute Gasteiger partial charge is 0.325 e. The zero-order valence-corrected chi connectivity index (χ0v) is 12.1. The molecule has 104 valence electrons. The average Bonchev–Trinajstić information content (AvgIpc) is 2.33. The highest BCUT2D eigenvalue weighted by Gasteiger charge is 2.07. The predicted molar refractivity (Wildman–Crippen MR) is 77.6 cm³/mol. The molecule has 1 aromatic rings. The van der Waals surface area contributed by atoms with Crippen molar-refractivity contribution >= 4 is 15.8 Å². The summed E-state index contributed by atoms with van der Waals surface area (Å²) in [5.41, 5.74) is 2.59. The number of benzene rings is 1. The Morgan fingerprint density at radius 3 is 2.42 bits per heavy atom. The van der Waals surface area contributed by atoms with Crippen LogP contribution in [0.15, 0.2) is 47.6 Å². The van der Waals surface area contributed by atoms with E-state index in [1.807, 2.05) is 37.3 Å². The molecule has 0 spiro atoms. The fourth-order valence-electron chi connectivity index (χ4n) is 1.54. The lowest BCUT2D eigenvalue weighted by molar-refractivity contribution is 0.342. The maximum atomic E-state index is 11.0. The molecule has 0 amide bonds. The topological polar surface area (TPSA) is 55.7 Å². The molecule has 1 aromatic carbocycles. The van der Waals surface area contributed by atoms with E-state index in [4.69, 9.17) is 0 Å². The van der Waals surface area contributed by atoms with Gasteiger partial charge in [0.25, 0.3) is 0 Å². The molecule has 19 heavy (non-hydrogen) atoms. The van der Waals surface area contributed by atoms with Gasteiger partial charge in [0.15, 0.2) is 0 Å². The molecular weight excluding hydrogens is 262 g/mol. The van der Waals surface area contributed by atoms with Crippen LogP contribution in [0, 0.1) is 0 Å². The van der Waals surface area contributed by atoms with E-state index < -0.39 is 10.1 Å². The van der Waals surface area contributed by atoms with Gasteiger partial charge in [0.1, 0.15) is 0 Å². The quantitative estimate of drug-likeness (QED) is 0.438. The lowest BCUT2D eigenvalue weighted by Crippen LogP contribution is -2.05. The Hall–Kier alpha value is -1.62. The fourth-order valence-corrected chi connectivity index (χ4v) is 1.77. The first-order chi connectivity index (χ1) is 8.88. The van der Waals surface area contributed by atoms with Gasteiger partial charge in [0.2, 0.25) is 0 Å². The maximum Gasteiger partial charge on any atom is 0.325 e. The zero-order chi connectivity index (χ0) is 14.3. The lowest BCUT2D eigenvalue weighted by Gasteiger charge is -2.06. The second-order valence-electron chi connectivity index (χ2n) is 4.49. The third kappa shape index (κ3) is 6.76. The Kier molecular flexibility index (Phi) is 5.76. The van der Waals surface area contributed by atoms with Gasteiger partial charge in [-0.25, -0.2) is 0 Å². The van der Waals surface area contributed by atoms with Crippen LogP contribution in [0.4, 0.5) is 0 Å². The highest BCUT2D eigenvalue weighted by molar-refractivity contribution is 7.85. The molecule has 0 saturated carbocycles. The molecule has 0 atom stereocenters. The van der Waals surface area contributed by atoms with Gasteiger partial charge in [-0.05, 0) is 31.7 Å². The van der Waals surface area contributed by atoms with Crippen molar-refractivity contribution < 1.29 is 12.7 Å². The highest BCUT2D eigenvalue weighted by Crippen LogP contribution is 2.11. The third-order valence-corrected chi connectivity index (χ3v) is 2.75. The molecule has 0 aliphatic carbocycles. The summed E-state index contributed by atoms with van der Waals surface area (Å²) in [7, 11) is -3.57. The highest BCUT2D eigenvalue weighted by atomic mass is 32.2. The minimum Gasteiger partial charge on any atom is -0.268 e. The van der Waals surface area contributed by atoms with Crippen LogP contribution >= 0.6 is 0 Å². The van der Waals surface area contributed by atoms with Crippen molar-refractivity contribution in [3.05, 3.63) is 48.0 Å². The van der Waals surface area contributed by atoms with Crippen LogP contribution in [0.3, 0.4) is 0 Å². The van der Waals surface area contributed by atoms with Crippen LogP contribution < -0.4 is 0 Å².